The number of tetrazole rings is 1. The smallest absolute Gasteiger partial charge is 0.220 e. The zero-order valence-corrected chi connectivity index (χ0v) is 16.9. The van der Waals surface area contributed by atoms with Crippen LogP contribution in [0.4, 0.5) is 0 Å². The topological polar surface area (TPSA) is 99.2 Å². The third-order valence-corrected chi connectivity index (χ3v) is 5.42. The average molecular weight is 387 g/mol. The van der Waals surface area contributed by atoms with E-state index in [2.05, 4.69) is 34.3 Å². The van der Waals surface area contributed by atoms with Crippen molar-refractivity contribution in [3.05, 3.63) is 35.7 Å². The minimum atomic E-state index is -0.190. The van der Waals surface area contributed by atoms with E-state index in [4.69, 9.17) is 10.5 Å². The third kappa shape index (κ3) is 4.86. The van der Waals surface area contributed by atoms with Gasteiger partial charge < -0.3 is 10.5 Å². The van der Waals surface area contributed by atoms with Crippen LogP contribution >= 0.6 is 0 Å². The SMILES string of the molecule is COc1ccc(Cn2nnnc2[C@H](CC(C)C)N2CCC(C(N)=O)CC2)cc1. The van der Waals surface area contributed by atoms with Crippen LogP contribution in [0.1, 0.15) is 50.5 Å². The van der Waals surface area contributed by atoms with E-state index in [1.54, 1.807) is 7.11 Å². The van der Waals surface area contributed by atoms with E-state index in [-0.39, 0.29) is 17.9 Å². The standard InChI is InChI=1S/C20H30N6O2/c1-14(2)12-18(25-10-8-16(9-11-25)19(21)27)20-22-23-24-26(20)13-15-4-6-17(28-3)7-5-15/h4-7,14,16,18H,8-13H2,1-3H3,(H2,21,27)/t18-/m0/s1. The number of piperidine rings is 1. The molecule has 0 unspecified atom stereocenters. The molecule has 2 heterocycles. The van der Waals surface area contributed by atoms with Gasteiger partial charge in [-0.1, -0.05) is 26.0 Å². The van der Waals surface area contributed by atoms with Crippen molar-refractivity contribution in [3.63, 3.8) is 0 Å². The lowest BCUT2D eigenvalue weighted by atomic mass is 9.93. The molecule has 0 spiro atoms. The number of hydrogen-bond donors (Lipinski definition) is 1. The highest BCUT2D eigenvalue weighted by molar-refractivity contribution is 5.76. The van der Waals surface area contributed by atoms with Gasteiger partial charge in [0.2, 0.25) is 5.91 Å². The molecule has 3 rings (SSSR count). The summed E-state index contributed by atoms with van der Waals surface area (Å²) in [6, 6.07) is 8.07. The number of nitrogens with two attached hydrogens (primary N) is 1. The second-order valence-corrected chi connectivity index (χ2v) is 7.90. The van der Waals surface area contributed by atoms with E-state index in [0.29, 0.717) is 12.5 Å². The predicted octanol–water partition coefficient (Wildman–Crippen LogP) is 2.01. The summed E-state index contributed by atoms with van der Waals surface area (Å²) in [5.41, 5.74) is 6.61. The number of carbonyl (C=O) groups excluding carboxylic acids is 1. The van der Waals surface area contributed by atoms with Crippen molar-refractivity contribution in [1.82, 2.24) is 25.1 Å². The number of benzene rings is 1. The van der Waals surface area contributed by atoms with Crippen molar-refractivity contribution in [2.24, 2.45) is 17.6 Å². The highest BCUT2D eigenvalue weighted by Gasteiger charge is 2.31. The molecule has 0 saturated carbocycles. The monoisotopic (exact) mass is 386 g/mol. The van der Waals surface area contributed by atoms with Crippen LogP contribution in [-0.4, -0.2) is 51.2 Å². The lowest BCUT2D eigenvalue weighted by Gasteiger charge is -2.36. The molecule has 1 fully saturated rings. The summed E-state index contributed by atoms with van der Waals surface area (Å²) in [4.78, 5) is 13.9. The Balaban J connectivity index is 1.77. The summed E-state index contributed by atoms with van der Waals surface area (Å²) < 4.78 is 7.11. The molecular formula is C20H30N6O2. The molecule has 1 saturated heterocycles. The van der Waals surface area contributed by atoms with Crippen molar-refractivity contribution in [3.8, 4) is 5.75 Å². The Labute approximate surface area is 166 Å². The molecule has 0 aliphatic carbocycles. The summed E-state index contributed by atoms with van der Waals surface area (Å²) >= 11 is 0. The van der Waals surface area contributed by atoms with E-state index >= 15 is 0 Å². The Morgan fingerprint density at radius 2 is 1.93 bits per heavy atom. The molecule has 0 bridgehead atoms. The van der Waals surface area contributed by atoms with Crippen molar-refractivity contribution in [1.29, 1.82) is 0 Å². The normalized spacial score (nSPS) is 17.0. The first-order valence-electron chi connectivity index (χ1n) is 9.90. The lowest BCUT2D eigenvalue weighted by Crippen LogP contribution is -2.41. The van der Waals surface area contributed by atoms with Crippen LogP contribution in [0, 0.1) is 11.8 Å². The Morgan fingerprint density at radius 3 is 2.50 bits per heavy atom. The van der Waals surface area contributed by atoms with E-state index in [1.165, 1.54) is 0 Å². The van der Waals surface area contributed by atoms with E-state index < -0.39 is 0 Å². The highest BCUT2D eigenvalue weighted by atomic mass is 16.5. The molecule has 1 aromatic heterocycles. The van der Waals surface area contributed by atoms with Gasteiger partial charge in [-0.2, -0.15) is 0 Å². The fourth-order valence-corrected chi connectivity index (χ4v) is 3.83. The van der Waals surface area contributed by atoms with Crippen molar-refractivity contribution < 1.29 is 9.53 Å². The largest absolute Gasteiger partial charge is 0.497 e. The number of ether oxygens (including phenoxy) is 1. The van der Waals surface area contributed by atoms with Gasteiger partial charge >= 0.3 is 0 Å². The summed E-state index contributed by atoms with van der Waals surface area (Å²) in [7, 11) is 1.66. The molecule has 1 aliphatic rings. The van der Waals surface area contributed by atoms with Crippen LogP contribution in [-0.2, 0) is 11.3 Å². The second kappa shape index (κ2) is 9.14. The Kier molecular flexibility index (Phi) is 6.61. The van der Waals surface area contributed by atoms with E-state index in [0.717, 1.165) is 49.5 Å². The maximum absolute atomic E-state index is 11.5. The minimum Gasteiger partial charge on any atom is -0.497 e. The van der Waals surface area contributed by atoms with Gasteiger partial charge in [-0.3, -0.25) is 9.69 Å². The van der Waals surface area contributed by atoms with Gasteiger partial charge in [-0.15, -0.1) is 5.10 Å². The highest BCUT2D eigenvalue weighted by Crippen LogP contribution is 2.30. The first-order valence-corrected chi connectivity index (χ1v) is 9.90. The summed E-state index contributed by atoms with van der Waals surface area (Å²) in [6.45, 7) is 6.70. The number of amides is 1. The quantitative estimate of drug-likeness (QED) is 0.745. The van der Waals surface area contributed by atoms with Gasteiger partial charge in [0.25, 0.3) is 0 Å². The Bertz CT molecular complexity index is 765. The Hall–Kier alpha value is -2.48. The maximum atomic E-state index is 11.5. The molecule has 1 aromatic carbocycles. The van der Waals surface area contributed by atoms with Crippen LogP contribution in [0.15, 0.2) is 24.3 Å². The Morgan fingerprint density at radius 1 is 1.25 bits per heavy atom. The molecule has 1 atom stereocenters. The van der Waals surface area contributed by atoms with E-state index in [1.807, 2.05) is 28.9 Å². The molecule has 0 radical (unpaired) electrons. The van der Waals surface area contributed by atoms with Gasteiger partial charge in [-0.05, 0) is 66.4 Å². The molecular weight excluding hydrogens is 356 g/mol. The summed E-state index contributed by atoms with van der Waals surface area (Å²) in [5, 5.41) is 12.6. The van der Waals surface area contributed by atoms with Crippen LogP contribution in [0.5, 0.6) is 5.75 Å². The van der Waals surface area contributed by atoms with Crippen LogP contribution in [0.3, 0.4) is 0 Å². The van der Waals surface area contributed by atoms with Gasteiger partial charge in [0.15, 0.2) is 5.82 Å². The lowest BCUT2D eigenvalue weighted by molar-refractivity contribution is -0.123. The van der Waals surface area contributed by atoms with E-state index in [9.17, 15) is 4.79 Å². The molecule has 152 valence electrons. The van der Waals surface area contributed by atoms with Crippen molar-refractivity contribution in [2.45, 2.75) is 45.7 Å². The number of aromatic nitrogens is 4. The molecule has 28 heavy (non-hydrogen) atoms. The number of methoxy groups -OCH3 is 1. The van der Waals surface area contributed by atoms with Crippen LogP contribution in [0.2, 0.25) is 0 Å². The molecule has 2 N–H and O–H groups in total. The average Bonchev–Trinajstić information content (AvgIpc) is 3.14. The minimum absolute atomic E-state index is 0.0220. The molecule has 8 nitrogen and oxygen atoms in total. The summed E-state index contributed by atoms with van der Waals surface area (Å²) in [6.07, 6.45) is 2.55. The zero-order valence-electron chi connectivity index (χ0n) is 16.9. The number of hydrogen-bond acceptors (Lipinski definition) is 6. The molecule has 1 aliphatic heterocycles. The second-order valence-electron chi connectivity index (χ2n) is 7.90. The fourth-order valence-electron chi connectivity index (χ4n) is 3.83. The zero-order chi connectivity index (χ0) is 20.1. The molecule has 2 aromatic rings. The number of carbonyl (C=O) groups is 1. The number of likely N-dealkylation sites (tertiary alicyclic amines) is 1. The predicted molar refractivity (Wildman–Crippen MR) is 106 cm³/mol. The fraction of sp³-hybridized carbons (Fsp3) is 0.600. The first-order chi connectivity index (χ1) is 13.5. The van der Waals surface area contributed by atoms with Gasteiger partial charge in [0.05, 0.1) is 19.7 Å². The maximum Gasteiger partial charge on any atom is 0.220 e. The van der Waals surface area contributed by atoms with Crippen LogP contribution < -0.4 is 10.5 Å². The first kappa shape index (κ1) is 20.3. The number of rotatable bonds is 8. The summed E-state index contributed by atoms with van der Waals surface area (Å²) in [5.74, 6) is 2.00. The third-order valence-electron chi connectivity index (χ3n) is 5.42. The molecule has 8 heteroatoms. The van der Waals surface area contributed by atoms with Crippen molar-refractivity contribution in [2.75, 3.05) is 20.2 Å². The molecule has 1 amide bonds. The number of primary amides is 1. The van der Waals surface area contributed by atoms with Crippen LogP contribution in [0.25, 0.3) is 0 Å². The van der Waals surface area contributed by atoms with Gasteiger partial charge in [0.1, 0.15) is 5.75 Å². The van der Waals surface area contributed by atoms with Gasteiger partial charge in [0, 0.05) is 5.92 Å². The number of nitrogens with zero attached hydrogens (tertiary/aromatic N) is 5. The van der Waals surface area contributed by atoms with Gasteiger partial charge in [-0.25, -0.2) is 4.68 Å². The van der Waals surface area contributed by atoms with Crippen molar-refractivity contribution >= 4 is 5.91 Å².